The molecule has 0 bridgehead atoms. The number of anilines is 1. The van der Waals surface area contributed by atoms with E-state index in [4.69, 9.17) is 25.5 Å². The van der Waals surface area contributed by atoms with E-state index in [2.05, 4.69) is 24.9 Å². The molecule has 0 amide bonds. The molecule has 178 valence electrons. The number of hydrogen-bond donors (Lipinski definition) is 1. The monoisotopic (exact) mass is 496 g/mol. The largest absolute Gasteiger partial charge is 0.458 e. The lowest BCUT2D eigenvalue weighted by atomic mass is 10.1. The van der Waals surface area contributed by atoms with Gasteiger partial charge in [0.2, 0.25) is 21.8 Å². The predicted octanol–water partition coefficient (Wildman–Crippen LogP) is 3.16. The minimum absolute atomic E-state index is 0.0771. The van der Waals surface area contributed by atoms with Crippen molar-refractivity contribution in [3.63, 3.8) is 0 Å². The minimum Gasteiger partial charge on any atom is -0.458 e. The van der Waals surface area contributed by atoms with Gasteiger partial charge in [-0.2, -0.15) is 0 Å². The van der Waals surface area contributed by atoms with E-state index in [1.54, 1.807) is 10.6 Å². The normalized spacial score (nSPS) is 18.7. The van der Waals surface area contributed by atoms with Crippen molar-refractivity contribution in [3.05, 3.63) is 41.1 Å². The van der Waals surface area contributed by atoms with Gasteiger partial charge in [-0.15, -0.1) is 10.2 Å². The molecule has 11 nitrogen and oxygen atoms in total. The number of furan rings is 1. The van der Waals surface area contributed by atoms with Crippen LogP contribution in [0.5, 0.6) is 0 Å². The van der Waals surface area contributed by atoms with Crippen LogP contribution in [0.25, 0.3) is 11.6 Å². The Morgan fingerprint density at radius 1 is 1.27 bits per heavy atom. The van der Waals surface area contributed by atoms with E-state index in [-0.39, 0.29) is 17.8 Å². The van der Waals surface area contributed by atoms with E-state index < -0.39 is 21.4 Å². The first-order chi connectivity index (χ1) is 15.8. The molecule has 0 spiro atoms. The van der Waals surface area contributed by atoms with Gasteiger partial charge in [0.25, 0.3) is 0 Å². The maximum absolute atomic E-state index is 13.3. The fraction of sp³-hybridized carbons (Fsp3) is 0.500. The van der Waals surface area contributed by atoms with E-state index in [0.29, 0.717) is 35.6 Å². The molecule has 33 heavy (non-hydrogen) atoms. The van der Waals surface area contributed by atoms with Crippen LogP contribution in [0.4, 0.5) is 5.95 Å². The molecule has 0 aromatic carbocycles. The van der Waals surface area contributed by atoms with Crippen molar-refractivity contribution in [2.24, 2.45) is 0 Å². The molecule has 1 aliphatic rings. The van der Waals surface area contributed by atoms with Gasteiger partial charge in [-0.25, -0.2) is 18.4 Å². The van der Waals surface area contributed by atoms with Crippen molar-refractivity contribution in [1.29, 1.82) is 0 Å². The maximum Gasteiger partial charge on any atom is 0.240 e. The predicted molar refractivity (Wildman–Crippen MR) is 120 cm³/mol. The summed E-state index contributed by atoms with van der Waals surface area (Å²) in [5, 5.41) is 7.64. The Morgan fingerprint density at radius 2 is 2.03 bits per heavy atom. The average molecular weight is 497 g/mol. The Morgan fingerprint density at radius 3 is 2.64 bits per heavy atom. The van der Waals surface area contributed by atoms with Gasteiger partial charge in [-0.3, -0.25) is 9.29 Å². The summed E-state index contributed by atoms with van der Waals surface area (Å²) in [7, 11) is -2.59. The summed E-state index contributed by atoms with van der Waals surface area (Å²) >= 11 is 5.85. The van der Waals surface area contributed by atoms with Crippen molar-refractivity contribution in [3.8, 4) is 11.6 Å². The lowest BCUT2D eigenvalue weighted by molar-refractivity contribution is 0.0601. The fourth-order valence-corrected chi connectivity index (χ4v) is 4.95. The van der Waals surface area contributed by atoms with Crippen LogP contribution in [0.15, 0.2) is 28.9 Å². The van der Waals surface area contributed by atoms with Crippen molar-refractivity contribution >= 4 is 27.6 Å². The summed E-state index contributed by atoms with van der Waals surface area (Å²) in [5.74, 6) is 1.91. The van der Waals surface area contributed by atoms with E-state index in [9.17, 15) is 8.42 Å². The highest BCUT2D eigenvalue weighted by Gasteiger charge is 2.35. The number of nitrogens with one attached hydrogen (secondary N) is 1. The highest BCUT2D eigenvalue weighted by atomic mass is 35.5. The highest BCUT2D eigenvalue weighted by Crippen LogP contribution is 2.32. The second-order valence-corrected chi connectivity index (χ2v) is 10.2. The van der Waals surface area contributed by atoms with Crippen LogP contribution in [0.1, 0.15) is 43.5 Å². The molecule has 3 aromatic heterocycles. The second kappa shape index (κ2) is 9.75. The number of halogens is 1. The van der Waals surface area contributed by atoms with Gasteiger partial charge in [0.05, 0.1) is 17.7 Å². The summed E-state index contributed by atoms with van der Waals surface area (Å²) in [6.07, 6.45) is 3.47. The average Bonchev–Trinajstić information content (AvgIpc) is 3.41. The first-order valence-corrected chi connectivity index (χ1v) is 12.3. The first kappa shape index (κ1) is 23.6. The van der Waals surface area contributed by atoms with E-state index >= 15 is 0 Å². The van der Waals surface area contributed by atoms with Gasteiger partial charge < -0.3 is 13.9 Å². The van der Waals surface area contributed by atoms with Gasteiger partial charge in [0.1, 0.15) is 17.1 Å². The number of methoxy groups -OCH3 is 1. The zero-order chi connectivity index (χ0) is 23.6. The van der Waals surface area contributed by atoms with Crippen molar-refractivity contribution in [1.82, 2.24) is 24.7 Å². The standard InChI is InChI=1S/C20H25ClN6O5S/c1-12-6-7-16(32-12)19-24-25-20(27(19)15-5-4-8-31-11-15)26-33(28,29)13(2)17(30-3)18-22-9-14(21)10-23-18/h6-7,9-10,13,15,17H,4-5,8,11H2,1-3H3,(H,25,26)/t13-,15-,17-/m0/s1. The number of ether oxygens (including phenoxy) is 2. The number of nitrogens with zero attached hydrogens (tertiary/aromatic N) is 5. The third-order valence-electron chi connectivity index (χ3n) is 5.46. The molecule has 0 saturated carbocycles. The Balaban J connectivity index is 1.66. The quantitative estimate of drug-likeness (QED) is 0.498. The Labute approximate surface area is 196 Å². The van der Waals surface area contributed by atoms with Gasteiger partial charge in [-0.1, -0.05) is 11.6 Å². The lowest BCUT2D eigenvalue weighted by Gasteiger charge is -2.26. The number of rotatable bonds is 8. The molecular weight excluding hydrogens is 472 g/mol. The summed E-state index contributed by atoms with van der Waals surface area (Å²) in [5.41, 5.74) is 0. The summed E-state index contributed by atoms with van der Waals surface area (Å²) < 4.78 is 47.7. The second-order valence-electron chi connectivity index (χ2n) is 7.77. The summed E-state index contributed by atoms with van der Waals surface area (Å²) in [4.78, 5) is 8.21. The molecule has 0 unspecified atom stereocenters. The van der Waals surface area contributed by atoms with Crippen molar-refractivity contribution < 1.29 is 22.3 Å². The van der Waals surface area contributed by atoms with Crippen LogP contribution in [0.2, 0.25) is 5.02 Å². The minimum atomic E-state index is -3.99. The molecule has 1 fully saturated rings. The van der Waals surface area contributed by atoms with Gasteiger partial charge >= 0.3 is 0 Å². The SMILES string of the molecule is CO[C@H](c1ncc(Cl)cn1)[C@H](C)S(=O)(=O)Nc1nnc(-c2ccc(C)o2)n1[C@H]1CCCOC1. The van der Waals surface area contributed by atoms with Crippen molar-refractivity contribution in [2.45, 2.75) is 44.1 Å². The molecular formula is C20H25ClN6O5S. The van der Waals surface area contributed by atoms with E-state index in [1.165, 1.54) is 26.4 Å². The van der Waals surface area contributed by atoms with Gasteiger partial charge in [0.15, 0.2) is 11.6 Å². The molecule has 1 aliphatic heterocycles. The molecule has 1 saturated heterocycles. The molecule has 3 atom stereocenters. The van der Waals surface area contributed by atoms with E-state index in [0.717, 1.165) is 12.8 Å². The number of aryl methyl sites for hydroxylation is 1. The van der Waals surface area contributed by atoms with Crippen LogP contribution in [-0.2, 0) is 19.5 Å². The molecule has 0 radical (unpaired) electrons. The molecule has 3 aromatic rings. The maximum atomic E-state index is 13.3. The summed E-state index contributed by atoms with van der Waals surface area (Å²) in [6.45, 7) is 4.40. The van der Waals surface area contributed by atoms with Crippen LogP contribution >= 0.6 is 11.6 Å². The smallest absolute Gasteiger partial charge is 0.240 e. The van der Waals surface area contributed by atoms with Crippen LogP contribution in [-0.4, -0.2) is 58.7 Å². The fourth-order valence-electron chi connectivity index (χ4n) is 3.72. The molecule has 4 heterocycles. The highest BCUT2D eigenvalue weighted by molar-refractivity contribution is 7.93. The third kappa shape index (κ3) is 5.03. The van der Waals surface area contributed by atoms with Gasteiger partial charge in [0, 0.05) is 26.1 Å². The topological polar surface area (TPSA) is 134 Å². The number of sulfonamides is 1. The lowest BCUT2D eigenvalue weighted by Crippen LogP contribution is -2.34. The molecule has 0 aliphatic carbocycles. The van der Waals surface area contributed by atoms with Crippen LogP contribution in [0, 0.1) is 6.92 Å². The molecule has 1 N–H and O–H groups in total. The van der Waals surface area contributed by atoms with E-state index in [1.807, 2.05) is 13.0 Å². The zero-order valence-electron chi connectivity index (χ0n) is 18.4. The number of hydrogen-bond acceptors (Lipinski definition) is 9. The summed E-state index contributed by atoms with van der Waals surface area (Å²) in [6, 6.07) is 3.44. The van der Waals surface area contributed by atoms with Crippen LogP contribution in [0.3, 0.4) is 0 Å². The Kier molecular flexibility index (Phi) is 6.98. The molecule has 13 heteroatoms. The Bertz CT molecular complexity index is 1190. The zero-order valence-corrected chi connectivity index (χ0v) is 20.0. The van der Waals surface area contributed by atoms with Crippen LogP contribution < -0.4 is 4.72 Å². The number of aromatic nitrogens is 5. The molecule has 4 rings (SSSR count). The van der Waals surface area contributed by atoms with Gasteiger partial charge in [-0.05, 0) is 38.8 Å². The third-order valence-corrected chi connectivity index (χ3v) is 7.34. The van der Waals surface area contributed by atoms with Crippen molar-refractivity contribution in [2.75, 3.05) is 25.0 Å². The Hall–Kier alpha value is -2.54. The first-order valence-electron chi connectivity index (χ1n) is 10.4.